The number of benzene rings is 2. The largest absolute Gasteiger partial charge is 0.289 e. The van der Waals surface area contributed by atoms with Gasteiger partial charge in [0.15, 0.2) is 5.78 Å². The highest BCUT2D eigenvalue weighted by molar-refractivity contribution is 6.06. The van der Waals surface area contributed by atoms with Crippen molar-refractivity contribution >= 4 is 11.9 Å². The highest BCUT2D eigenvalue weighted by Gasteiger charge is 2.11. The lowest BCUT2D eigenvalue weighted by atomic mass is 10.1. The van der Waals surface area contributed by atoms with Gasteiger partial charge in [-0.3, -0.25) is 9.48 Å². The first kappa shape index (κ1) is 16.7. The molecule has 0 aliphatic carbocycles. The van der Waals surface area contributed by atoms with Crippen LogP contribution >= 0.6 is 0 Å². The third-order valence-electron chi connectivity index (χ3n) is 4.21. The van der Waals surface area contributed by atoms with Crippen LogP contribution in [0, 0.1) is 0 Å². The lowest BCUT2D eigenvalue weighted by Gasteiger charge is -2.00. The highest BCUT2D eigenvalue weighted by Crippen LogP contribution is 2.24. The van der Waals surface area contributed by atoms with E-state index in [2.05, 4.69) is 5.10 Å². The maximum atomic E-state index is 12.4. The fraction of sp³-hybridized carbons (Fsp3) is 0.0455. The van der Waals surface area contributed by atoms with Gasteiger partial charge in [-0.1, -0.05) is 48.5 Å². The van der Waals surface area contributed by atoms with E-state index < -0.39 is 0 Å². The first-order chi connectivity index (χ1) is 13.2. The first-order valence-corrected chi connectivity index (χ1v) is 8.62. The van der Waals surface area contributed by atoms with Crippen LogP contribution in [0.1, 0.15) is 15.9 Å². The molecule has 0 atom stereocenters. The third-order valence-corrected chi connectivity index (χ3v) is 4.21. The molecule has 4 rings (SSSR count). The van der Waals surface area contributed by atoms with Crippen LogP contribution in [0.2, 0.25) is 0 Å². The summed E-state index contributed by atoms with van der Waals surface area (Å²) in [7, 11) is 1.79. The van der Waals surface area contributed by atoms with Crippen molar-refractivity contribution in [2.75, 3.05) is 0 Å². The number of nitrogens with zero attached hydrogens (tertiary/aromatic N) is 4. The van der Waals surface area contributed by atoms with Gasteiger partial charge in [-0.25, -0.2) is 4.68 Å². The van der Waals surface area contributed by atoms with E-state index in [0.29, 0.717) is 5.56 Å². The van der Waals surface area contributed by atoms with Gasteiger partial charge in [0.2, 0.25) is 0 Å². The molecule has 0 saturated carbocycles. The van der Waals surface area contributed by atoms with Crippen molar-refractivity contribution in [3.05, 3.63) is 96.5 Å². The van der Waals surface area contributed by atoms with Crippen LogP contribution in [0.5, 0.6) is 0 Å². The third kappa shape index (κ3) is 3.62. The van der Waals surface area contributed by atoms with Gasteiger partial charge in [0.05, 0.1) is 23.1 Å². The molecule has 0 fully saturated rings. The van der Waals surface area contributed by atoms with Gasteiger partial charge in [-0.05, 0) is 24.3 Å². The van der Waals surface area contributed by atoms with Crippen LogP contribution in [-0.4, -0.2) is 25.3 Å². The van der Waals surface area contributed by atoms with E-state index in [1.807, 2.05) is 77.6 Å². The van der Waals surface area contributed by atoms with Crippen LogP contribution in [0.25, 0.3) is 23.0 Å². The Morgan fingerprint density at radius 3 is 2.33 bits per heavy atom. The summed E-state index contributed by atoms with van der Waals surface area (Å²) in [6.07, 6.45) is 8.58. The number of hydrogen-bond donors (Lipinski definition) is 0. The van der Waals surface area contributed by atoms with Gasteiger partial charge in [0, 0.05) is 30.6 Å². The molecule has 132 valence electrons. The number of ketones is 1. The summed E-state index contributed by atoms with van der Waals surface area (Å²) in [6.45, 7) is 0. The van der Waals surface area contributed by atoms with Gasteiger partial charge in [0.1, 0.15) is 0 Å². The number of carbonyl (C=O) groups excluding carboxylic acids is 1. The number of hydrogen-bond acceptors (Lipinski definition) is 3. The molecule has 0 radical (unpaired) electrons. The van der Waals surface area contributed by atoms with E-state index in [1.165, 1.54) is 0 Å². The smallest absolute Gasteiger partial charge is 0.189 e. The average molecular weight is 354 g/mol. The van der Waals surface area contributed by atoms with Crippen molar-refractivity contribution in [2.45, 2.75) is 0 Å². The molecule has 27 heavy (non-hydrogen) atoms. The van der Waals surface area contributed by atoms with Gasteiger partial charge >= 0.3 is 0 Å². The van der Waals surface area contributed by atoms with E-state index in [1.54, 1.807) is 30.2 Å². The summed E-state index contributed by atoms with van der Waals surface area (Å²) >= 11 is 0. The standard InChI is InChI=1S/C22H18N4O/c1-25-15-19(14-23-25)21(27)13-12-18-16-26(20-10-6-3-7-11-20)24-22(18)17-8-4-2-5-9-17/h2-16H,1H3/b13-12-. The number of para-hydroxylation sites is 1. The molecular weight excluding hydrogens is 336 g/mol. The van der Waals surface area contributed by atoms with Crippen molar-refractivity contribution in [1.29, 1.82) is 0 Å². The molecule has 0 bridgehead atoms. The number of carbonyl (C=O) groups is 1. The van der Waals surface area contributed by atoms with Crippen LogP contribution in [-0.2, 0) is 7.05 Å². The van der Waals surface area contributed by atoms with E-state index in [4.69, 9.17) is 5.10 Å². The maximum absolute atomic E-state index is 12.4. The fourth-order valence-electron chi connectivity index (χ4n) is 2.85. The van der Waals surface area contributed by atoms with Gasteiger partial charge in [0.25, 0.3) is 0 Å². The Morgan fingerprint density at radius 1 is 0.963 bits per heavy atom. The molecule has 2 aromatic heterocycles. The lowest BCUT2D eigenvalue weighted by molar-refractivity contribution is 0.104. The first-order valence-electron chi connectivity index (χ1n) is 8.62. The number of allylic oxidation sites excluding steroid dienone is 1. The van der Waals surface area contributed by atoms with Crippen LogP contribution in [0.15, 0.2) is 85.3 Å². The number of rotatable bonds is 5. The molecule has 0 saturated heterocycles. The Hall–Kier alpha value is -3.73. The highest BCUT2D eigenvalue weighted by atomic mass is 16.1. The van der Waals surface area contributed by atoms with E-state index >= 15 is 0 Å². The molecular formula is C22H18N4O. The van der Waals surface area contributed by atoms with E-state index in [9.17, 15) is 4.79 Å². The quantitative estimate of drug-likeness (QED) is 0.399. The monoisotopic (exact) mass is 354 g/mol. The second-order valence-electron chi connectivity index (χ2n) is 6.18. The summed E-state index contributed by atoms with van der Waals surface area (Å²) in [4.78, 5) is 12.4. The van der Waals surface area contributed by atoms with E-state index in [0.717, 1.165) is 22.5 Å². The molecule has 0 unspecified atom stereocenters. The topological polar surface area (TPSA) is 52.7 Å². The average Bonchev–Trinajstić information content (AvgIpc) is 3.34. The maximum Gasteiger partial charge on any atom is 0.189 e. The molecule has 5 heteroatoms. The minimum absolute atomic E-state index is 0.0884. The normalized spacial score (nSPS) is 11.1. The zero-order valence-electron chi connectivity index (χ0n) is 14.9. The van der Waals surface area contributed by atoms with Crippen molar-refractivity contribution in [3.8, 4) is 16.9 Å². The zero-order chi connectivity index (χ0) is 18.6. The molecule has 5 nitrogen and oxygen atoms in total. The molecule has 2 heterocycles. The Morgan fingerprint density at radius 2 is 1.67 bits per heavy atom. The van der Waals surface area contributed by atoms with Crippen molar-refractivity contribution in [1.82, 2.24) is 19.6 Å². The van der Waals surface area contributed by atoms with Crippen LogP contribution in [0.4, 0.5) is 0 Å². The minimum atomic E-state index is -0.0884. The van der Waals surface area contributed by atoms with Crippen molar-refractivity contribution in [3.63, 3.8) is 0 Å². The Balaban J connectivity index is 1.73. The van der Waals surface area contributed by atoms with Gasteiger partial charge < -0.3 is 0 Å². The summed E-state index contributed by atoms with van der Waals surface area (Å²) in [5.41, 5.74) is 4.23. The Kier molecular flexibility index (Phi) is 4.49. The van der Waals surface area contributed by atoms with Gasteiger partial charge in [-0.2, -0.15) is 10.2 Å². The molecule has 0 N–H and O–H groups in total. The second kappa shape index (κ2) is 7.25. The minimum Gasteiger partial charge on any atom is -0.289 e. The number of aromatic nitrogens is 4. The predicted molar refractivity (Wildman–Crippen MR) is 106 cm³/mol. The second-order valence-corrected chi connectivity index (χ2v) is 6.18. The van der Waals surface area contributed by atoms with Crippen molar-refractivity contribution in [2.24, 2.45) is 7.05 Å². The fourth-order valence-corrected chi connectivity index (χ4v) is 2.85. The molecule has 4 aromatic rings. The summed E-state index contributed by atoms with van der Waals surface area (Å²) < 4.78 is 3.44. The summed E-state index contributed by atoms with van der Waals surface area (Å²) in [5, 5.41) is 8.79. The van der Waals surface area contributed by atoms with Crippen molar-refractivity contribution < 1.29 is 4.79 Å². The molecule has 0 aliphatic heterocycles. The summed E-state index contributed by atoms with van der Waals surface area (Å²) in [5.74, 6) is -0.0884. The Bertz CT molecular complexity index is 1090. The van der Waals surface area contributed by atoms with Crippen LogP contribution < -0.4 is 0 Å². The summed E-state index contributed by atoms with van der Waals surface area (Å²) in [6, 6.07) is 19.9. The molecule has 0 spiro atoms. The van der Waals surface area contributed by atoms with Gasteiger partial charge in [-0.15, -0.1) is 0 Å². The van der Waals surface area contributed by atoms with E-state index in [-0.39, 0.29) is 5.78 Å². The number of aryl methyl sites for hydroxylation is 1. The SMILES string of the molecule is Cn1cc(C(=O)/C=C\c2cn(-c3ccccc3)nc2-c2ccccc2)cn1. The predicted octanol–water partition coefficient (Wildman–Crippen LogP) is 4.17. The molecule has 0 amide bonds. The van der Waals surface area contributed by atoms with Crippen LogP contribution in [0.3, 0.4) is 0 Å². The molecule has 0 aliphatic rings. The molecule has 2 aromatic carbocycles. The zero-order valence-corrected chi connectivity index (χ0v) is 14.9. The lowest BCUT2D eigenvalue weighted by Crippen LogP contribution is -1.93. The Labute approximate surface area is 157 Å².